The molecule has 1 fully saturated rings. The maximum atomic E-state index is 10.6. The molecule has 0 saturated carbocycles. The molecule has 2 atom stereocenters. The number of fused-ring (bicyclic) bond motifs is 4. The molecule has 2 unspecified atom stereocenters. The van der Waals surface area contributed by atoms with Crippen molar-refractivity contribution >= 4 is 17.6 Å². The number of aldehydes is 1. The fraction of sp³-hybridized carbons (Fsp3) is 0.600. The Morgan fingerprint density at radius 3 is 3.21 bits per heavy atom. The van der Waals surface area contributed by atoms with Crippen molar-refractivity contribution in [2.45, 2.75) is 31.3 Å². The summed E-state index contributed by atoms with van der Waals surface area (Å²) in [5, 5.41) is 0.649. The lowest BCUT2D eigenvalue weighted by molar-refractivity contribution is 0.112. The Morgan fingerprint density at radius 2 is 2.43 bits per heavy atom. The minimum Gasteiger partial charge on any atom is -0.295 e. The van der Waals surface area contributed by atoms with Crippen molar-refractivity contribution in [2.75, 3.05) is 7.05 Å². The molecule has 2 aliphatic rings. The van der Waals surface area contributed by atoms with E-state index in [2.05, 4.69) is 16.9 Å². The maximum Gasteiger partial charge on any atom is 0.178 e. The van der Waals surface area contributed by atoms with Gasteiger partial charge in [-0.2, -0.15) is 0 Å². The number of carbonyl (C=O) groups is 1. The Labute approximate surface area is 86.8 Å². The second kappa shape index (κ2) is 2.87. The van der Waals surface area contributed by atoms with Gasteiger partial charge in [0.25, 0.3) is 0 Å². The lowest BCUT2D eigenvalue weighted by atomic mass is 10.1. The van der Waals surface area contributed by atoms with E-state index in [9.17, 15) is 4.79 Å². The molecule has 3 rings (SSSR count). The fourth-order valence-electron chi connectivity index (χ4n) is 2.64. The van der Waals surface area contributed by atoms with E-state index in [1.54, 1.807) is 11.3 Å². The van der Waals surface area contributed by atoms with Gasteiger partial charge in [-0.3, -0.25) is 9.69 Å². The van der Waals surface area contributed by atoms with Crippen LogP contribution in [0.5, 0.6) is 0 Å². The van der Waals surface area contributed by atoms with E-state index in [4.69, 9.17) is 0 Å². The predicted octanol–water partition coefficient (Wildman–Crippen LogP) is 1.65. The molecule has 1 saturated heterocycles. The van der Waals surface area contributed by atoms with Crippen molar-refractivity contribution in [3.8, 4) is 0 Å². The van der Waals surface area contributed by atoms with Gasteiger partial charge in [-0.25, -0.2) is 4.98 Å². The second-order valence-electron chi connectivity index (χ2n) is 4.10. The molecule has 3 nitrogen and oxygen atoms in total. The van der Waals surface area contributed by atoms with Crippen LogP contribution in [0.2, 0.25) is 0 Å². The molecule has 0 aliphatic carbocycles. The number of carbonyl (C=O) groups excluding carboxylic acids is 1. The zero-order valence-electron chi connectivity index (χ0n) is 8.06. The summed E-state index contributed by atoms with van der Waals surface area (Å²) in [4.78, 5) is 18.8. The summed E-state index contributed by atoms with van der Waals surface area (Å²) in [6.45, 7) is 0. The van der Waals surface area contributed by atoms with Crippen molar-refractivity contribution < 1.29 is 4.79 Å². The highest BCUT2D eigenvalue weighted by Gasteiger charge is 2.39. The van der Waals surface area contributed by atoms with Gasteiger partial charge in [0.05, 0.1) is 5.69 Å². The molecule has 4 heteroatoms. The van der Waals surface area contributed by atoms with Gasteiger partial charge in [-0.1, -0.05) is 0 Å². The summed E-state index contributed by atoms with van der Waals surface area (Å²) in [6.07, 6.45) is 4.42. The number of aromatic nitrogens is 1. The highest BCUT2D eigenvalue weighted by Crippen LogP contribution is 2.44. The number of thiazole rings is 1. The van der Waals surface area contributed by atoms with Crippen LogP contribution in [0.15, 0.2) is 0 Å². The summed E-state index contributed by atoms with van der Waals surface area (Å²) in [5.74, 6) is 0. The molecule has 0 aromatic carbocycles. The Balaban J connectivity index is 2.09. The van der Waals surface area contributed by atoms with Crippen LogP contribution in [0.1, 0.15) is 39.3 Å². The van der Waals surface area contributed by atoms with Gasteiger partial charge in [0.15, 0.2) is 11.3 Å². The molecule has 74 valence electrons. The van der Waals surface area contributed by atoms with Gasteiger partial charge in [0, 0.05) is 23.4 Å². The number of hydrogen-bond acceptors (Lipinski definition) is 4. The number of hydrogen-bond donors (Lipinski definition) is 0. The summed E-state index contributed by atoms with van der Waals surface area (Å²) < 4.78 is 0. The van der Waals surface area contributed by atoms with Gasteiger partial charge in [-0.15, -0.1) is 11.3 Å². The van der Waals surface area contributed by atoms with Crippen LogP contribution in [0, 0.1) is 0 Å². The third-order valence-corrected chi connectivity index (χ3v) is 4.54. The van der Waals surface area contributed by atoms with Crippen LogP contribution in [0.25, 0.3) is 0 Å². The van der Waals surface area contributed by atoms with E-state index in [0.717, 1.165) is 12.7 Å². The summed E-state index contributed by atoms with van der Waals surface area (Å²) >= 11 is 1.58. The van der Waals surface area contributed by atoms with Crippen LogP contribution in [0.4, 0.5) is 0 Å². The summed E-state index contributed by atoms with van der Waals surface area (Å²) in [5.41, 5.74) is 1.18. The number of likely N-dealkylation sites (N-methyl/N-ethyl adjacent to an activating group) is 1. The molecule has 0 amide bonds. The Bertz CT molecular complexity index is 387. The van der Waals surface area contributed by atoms with Crippen molar-refractivity contribution in [1.29, 1.82) is 0 Å². The third-order valence-electron chi connectivity index (χ3n) is 3.42. The standard InChI is InChI=1S/C10H12N2OS/c1-12-6-2-3-8(12)10-7(4-6)11-9(5-13)14-10/h5-6,8H,2-4H2,1H3. The van der Waals surface area contributed by atoms with Gasteiger partial charge >= 0.3 is 0 Å². The molecule has 0 radical (unpaired) electrons. The molecule has 2 bridgehead atoms. The van der Waals surface area contributed by atoms with Crippen LogP contribution >= 0.6 is 11.3 Å². The highest BCUT2D eigenvalue weighted by atomic mass is 32.1. The normalized spacial score (nSPS) is 30.4. The molecule has 14 heavy (non-hydrogen) atoms. The van der Waals surface area contributed by atoms with Crippen molar-refractivity contribution in [1.82, 2.24) is 9.88 Å². The minimum atomic E-state index is 0.537. The molecule has 2 aliphatic heterocycles. The zero-order valence-corrected chi connectivity index (χ0v) is 8.88. The molecular formula is C10H12N2OS. The number of rotatable bonds is 1. The van der Waals surface area contributed by atoms with E-state index in [0.29, 0.717) is 17.1 Å². The van der Waals surface area contributed by atoms with E-state index in [-0.39, 0.29) is 0 Å². The average molecular weight is 208 g/mol. The van der Waals surface area contributed by atoms with Gasteiger partial charge in [-0.05, 0) is 19.9 Å². The molecule has 3 heterocycles. The second-order valence-corrected chi connectivity index (χ2v) is 5.16. The largest absolute Gasteiger partial charge is 0.295 e. The summed E-state index contributed by atoms with van der Waals surface area (Å²) in [7, 11) is 2.19. The molecule has 1 aromatic heterocycles. The monoisotopic (exact) mass is 208 g/mol. The SMILES string of the molecule is CN1C2CCC1c1sc(C=O)nc1C2. The molecule has 1 aromatic rings. The van der Waals surface area contributed by atoms with Crippen LogP contribution in [0.3, 0.4) is 0 Å². The first-order chi connectivity index (χ1) is 6.79. The Morgan fingerprint density at radius 1 is 1.57 bits per heavy atom. The van der Waals surface area contributed by atoms with E-state index >= 15 is 0 Å². The number of nitrogens with zero attached hydrogens (tertiary/aromatic N) is 2. The van der Waals surface area contributed by atoms with Gasteiger partial charge < -0.3 is 0 Å². The van der Waals surface area contributed by atoms with Crippen molar-refractivity contribution in [2.24, 2.45) is 0 Å². The fourth-order valence-corrected chi connectivity index (χ4v) is 3.73. The van der Waals surface area contributed by atoms with Crippen LogP contribution in [-0.2, 0) is 6.42 Å². The van der Waals surface area contributed by atoms with Crippen molar-refractivity contribution in [3.05, 3.63) is 15.6 Å². The third kappa shape index (κ3) is 1.01. The first-order valence-corrected chi connectivity index (χ1v) is 5.78. The van der Waals surface area contributed by atoms with Crippen molar-refractivity contribution in [3.63, 3.8) is 0 Å². The minimum absolute atomic E-state index is 0.537. The Kier molecular flexibility index (Phi) is 1.76. The van der Waals surface area contributed by atoms with Gasteiger partial charge in [0.2, 0.25) is 0 Å². The molecule has 0 spiro atoms. The first kappa shape index (κ1) is 8.56. The molecular weight excluding hydrogens is 196 g/mol. The quantitative estimate of drug-likeness (QED) is 0.658. The molecule has 0 N–H and O–H groups in total. The van der Waals surface area contributed by atoms with E-state index < -0.39 is 0 Å². The Hall–Kier alpha value is -0.740. The topological polar surface area (TPSA) is 33.2 Å². The van der Waals surface area contributed by atoms with Crippen LogP contribution < -0.4 is 0 Å². The van der Waals surface area contributed by atoms with Gasteiger partial charge in [0.1, 0.15) is 0 Å². The maximum absolute atomic E-state index is 10.6. The highest BCUT2D eigenvalue weighted by molar-refractivity contribution is 7.13. The lowest BCUT2D eigenvalue weighted by Gasteiger charge is -2.29. The summed E-state index contributed by atoms with van der Waals surface area (Å²) in [6, 6.07) is 1.20. The van der Waals surface area contributed by atoms with Crippen LogP contribution in [-0.4, -0.2) is 29.3 Å². The van der Waals surface area contributed by atoms with E-state index in [1.165, 1.54) is 23.4 Å². The average Bonchev–Trinajstić information content (AvgIpc) is 2.69. The lowest BCUT2D eigenvalue weighted by Crippen LogP contribution is -2.33. The first-order valence-electron chi connectivity index (χ1n) is 4.96. The van der Waals surface area contributed by atoms with E-state index in [1.807, 2.05) is 0 Å². The predicted molar refractivity (Wildman–Crippen MR) is 54.7 cm³/mol. The zero-order chi connectivity index (χ0) is 9.71. The smallest absolute Gasteiger partial charge is 0.178 e.